The zero-order chi connectivity index (χ0) is 15.1. The summed E-state index contributed by atoms with van der Waals surface area (Å²) in [6.07, 6.45) is 1.10. The number of ether oxygens (including phenoxy) is 1. The molecule has 0 N–H and O–H groups in total. The zero-order valence-corrected chi connectivity index (χ0v) is 12.7. The fourth-order valence-corrected chi connectivity index (χ4v) is 1.57. The fraction of sp³-hybridized carbons (Fsp3) is 0.286. The standard InChI is InChI=1S/C14H15Cl2NO3/c1-10(2)9-20-13(18)8-12(14(19)17(15)16)11-6-4-3-5-7-11/h3-8,10H,9H2,1-2H3/b12-8-. The van der Waals surface area contributed by atoms with Crippen LogP contribution < -0.4 is 0 Å². The molecule has 0 saturated heterocycles. The maximum absolute atomic E-state index is 11.9. The highest BCUT2D eigenvalue weighted by Crippen LogP contribution is 2.19. The van der Waals surface area contributed by atoms with E-state index < -0.39 is 11.9 Å². The topological polar surface area (TPSA) is 46.6 Å². The Labute approximate surface area is 128 Å². The lowest BCUT2D eigenvalue weighted by Crippen LogP contribution is -2.16. The van der Waals surface area contributed by atoms with E-state index in [-0.39, 0.29) is 18.1 Å². The van der Waals surface area contributed by atoms with Crippen LogP contribution in [0.2, 0.25) is 0 Å². The smallest absolute Gasteiger partial charge is 0.331 e. The molecule has 1 aromatic carbocycles. The summed E-state index contributed by atoms with van der Waals surface area (Å²) in [4.78, 5) is 23.6. The van der Waals surface area contributed by atoms with E-state index in [4.69, 9.17) is 28.3 Å². The maximum atomic E-state index is 11.9. The van der Waals surface area contributed by atoms with Crippen LogP contribution in [0.4, 0.5) is 0 Å². The third-order valence-electron chi connectivity index (χ3n) is 2.29. The minimum atomic E-state index is -0.693. The molecule has 0 atom stereocenters. The number of esters is 1. The van der Waals surface area contributed by atoms with Crippen molar-refractivity contribution in [1.29, 1.82) is 0 Å². The molecular weight excluding hydrogens is 301 g/mol. The molecule has 20 heavy (non-hydrogen) atoms. The number of rotatable bonds is 5. The Balaban J connectivity index is 3.00. The third kappa shape index (κ3) is 5.23. The number of hydrogen-bond donors (Lipinski definition) is 0. The van der Waals surface area contributed by atoms with E-state index in [1.807, 2.05) is 13.8 Å². The van der Waals surface area contributed by atoms with Crippen molar-refractivity contribution >= 4 is 41.0 Å². The van der Waals surface area contributed by atoms with Gasteiger partial charge in [-0.25, -0.2) is 4.79 Å². The normalized spacial score (nSPS) is 11.3. The first-order valence-electron chi connectivity index (χ1n) is 6.01. The molecule has 0 unspecified atom stereocenters. The predicted octanol–water partition coefficient (Wildman–Crippen LogP) is 3.41. The van der Waals surface area contributed by atoms with Crippen LogP contribution >= 0.6 is 23.6 Å². The van der Waals surface area contributed by atoms with Gasteiger partial charge in [-0.05, 0) is 11.5 Å². The number of carbonyl (C=O) groups excluding carboxylic acids is 2. The molecule has 6 heteroatoms. The van der Waals surface area contributed by atoms with Crippen LogP contribution in [0.15, 0.2) is 36.4 Å². The van der Waals surface area contributed by atoms with E-state index in [0.29, 0.717) is 9.50 Å². The molecule has 4 nitrogen and oxygen atoms in total. The van der Waals surface area contributed by atoms with Gasteiger partial charge in [-0.2, -0.15) is 3.94 Å². The number of benzene rings is 1. The Hall–Kier alpha value is -1.52. The Morgan fingerprint density at radius 3 is 2.35 bits per heavy atom. The van der Waals surface area contributed by atoms with Crippen LogP contribution in [0.1, 0.15) is 19.4 Å². The lowest BCUT2D eigenvalue weighted by atomic mass is 10.1. The van der Waals surface area contributed by atoms with Crippen LogP contribution in [0.25, 0.3) is 5.57 Å². The predicted molar refractivity (Wildman–Crippen MR) is 78.8 cm³/mol. The highest BCUT2D eigenvalue weighted by Gasteiger charge is 2.19. The van der Waals surface area contributed by atoms with E-state index in [9.17, 15) is 9.59 Å². The van der Waals surface area contributed by atoms with Gasteiger partial charge >= 0.3 is 5.97 Å². The Bertz CT molecular complexity index is 498. The molecule has 1 aromatic rings. The van der Waals surface area contributed by atoms with Gasteiger partial charge in [0.05, 0.1) is 12.2 Å². The van der Waals surface area contributed by atoms with Crippen LogP contribution in [0, 0.1) is 5.92 Å². The lowest BCUT2D eigenvalue weighted by molar-refractivity contribution is -0.138. The number of carbonyl (C=O) groups is 2. The van der Waals surface area contributed by atoms with Crippen LogP contribution in [0.3, 0.4) is 0 Å². The monoisotopic (exact) mass is 315 g/mol. The van der Waals surface area contributed by atoms with Gasteiger partial charge < -0.3 is 4.74 Å². The number of nitrogens with zero attached hydrogens (tertiary/aromatic N) is 1. The lowest BCUT2D eigenvalue weighted by Gasteiger charge is -2.10. The molecule has 1 rings (SSSR count). The average Bonchev–Trinajstić information content (AvgIpc) is 2.42. The highest BCUT2D eigenvalue weighted by molar-refractivity contribution is 6.47. The summed E-state index contributed by atoms with van der Waals surface area (Å²) >= 11 is 10.9. The molecule has 0 bridgehead atoms. The summed E-state index contributed by atoms with van der Waals surface area (Å²) in [6.45, 7) is 4.11. The number of amides is 1. The number of hydrogen-bond acceptors (Lipinski definition) is 3. The van der Waals surface area contributed by atoms with Crippen molar-refractivity contribution in [3.63, 3.8) is 0 Å². The second-order valence-electron chi connectivity index (χ2n) is 4.49. The Kier molecular flexibility index (Phi) is 6.55. The second-order valence-corrected chi connectivity index (χ2v) is 5.34. The fourth-order valence-electron chi connectivity index (χ4n) is 1.39. The first-order valence-corrected chi connectivity index (χ1v) is 6.69. The zero-order valence-electron chi connectivity index (χ0n) is 11.2. The molecule has 0 spiro atoms. The first kappa shape index (κ1) is 16.5. The SMILES string of the molecule is CC(C)COC(=O)/C=C(\C(=O)N(Cl)Cl)c1ccccc1. The molecule has 0 aliphatic carbocycles. The molecular formula is C14H15Cl2NO3. The van der Waals surface area contributed by atoms with Gasteiger partial charge in [-0.3, -0.25) is 4.79 Å². The quantitative estimate of drug-likeness (QED) is 0.475. The van der Waals surface area contributed by atoms with E-state index in [2.05, 4.69) is 0 Å². The summed E-state index contributed by atoms with van der Waals surface area (Å²) in [6, 6.07) is 8.63. The average molecular weight is 316 g/mol. The van der Waals surface area contributed by atoms with Crippen LogP contribution in [0.5, 0.6) is 0 Å². The molecule has 108 valence electrons. The molecule has 0 fully saturated rings. The van der Waals surface area contributed by atoms with Gasteiger partial charge in [0.25, 0.3) is 5.91 Å². The van der Waals surface area contributed by atoms with Gasteiger partial charge in [-0.1, -0.05) is 44.2 Å². The van der Waals surface area contributed by atoms with Crippen molar-refractivity contribution in [2.75, 3.05) is 6.61 Å². The Morgan fingerprint density at radius 1 is 1.25 bits per heavy atom. The van der Waals surface area contributed by atoms with Crippen molar-refractivity contribution in [3.8, 4) is 0 Å². The number of halogens is 2. The van der Waals surface area contributed by atoms with Crippen LogP contribution in [-0.4, -0.2) is 22.4 Å². The molecule has 0 radical (unpaired) electrons. The van der Waals surface area contributed by atoms with Crippen molar-refractivity contribution in [2.45, 2.75) is 13.8 Å². The molecule has 0 saturated carbocycles. The summed E-state index contributed by atoms with van der Waals surface area (Å²) < 4.78 is 5.40. The maximum Gasteiger partial charge on any atom is 0.331 e. The van der Waals surface area contributed by atoms with E-state index in [1.165, 1.54) is 0 Å². The minimum Gasteiger partial charge on any atom is -0.462 e. The third-order valence-corrected chi connectivity index (χ3v) is 2.60. The van der Waals surface area contributed by atoms with E-state index >= 15 is 0 Å². The van der Waals surface area contributed by atoms with Gasteiger partial charge in [0.2, 0.25) is 0 Å². The van der Waals surface area contributed by atoms with Crippen molar-refractivity contribution in [3.05, 3.63) is 42.0 Å². The van der Waals surface area contributed by atoms with Gasteiger partial charge in [0.15, 0.2) is 0 Å². The van der Waals surface area contributed by atoms with E-state index in [1.54, 1.807) is 30.3 Å². The summed E-state index contributed by atoms with van der Waals surface area (Å²) in [5.41, 5.74) is 0.606. The first-order chi connectivity index (χ1) is 9.41. The largest absolute Gasteiger partial charge is 0.462 e. The van der Waals surface area contributed by atoms with Crippen LogP contribution in [-0.2, 0) is 14.3 Å². The molecule has 0 aliphatic rings. The van der Waals surface area contributed by atoms with Gasteiger partial charge in [-0.15, -0.1) is 0 Å². The molecule has 0 aliphatic heterocycles. The van der Waals surface area contributed by atoms with Crippen molar-refractivity contribution in [1.82, 2.24) is 3.94 Å². The second kappa shape index (κ2) is 7.92. The minimum absolute atomic E-state index is 0.0735. The molecule has 0 aromatic heterocycles. The molecule has 0 heterocycles. The van der Waals surface area contributed by atoms with Crippen molar-refractivity contribution < 1.29 is 14.3 Å². The summed E-state index contributed by atoms with van der Waals surface area (Å²) in [7, 11) is 0. The molecule has 1 amide bonds. The van der Waals surface area contributed by atoms with Gasteiger partial charge in [0, 0.05) is 29.6 Å². The highest BCUT2D eigenvalue weighted by atomic mass is 35.5. The Morgan fingerprint density at radius 2 is 1.85 bits per heavy atom. The summed E-state index contributed by atoms with van der Waals surface area (Å²) in [5, 5.41) is 0. The summed E-state index contributed by atoms with van der Waals surface area (Å²) in [5.74, 6) is -1.09. The van der Waals surface area contributed by atoms with Gasteiger partial charge in [0.1, 0.15) is 0 Å². The van der Waals surface area contributed by atoms with Crippen molar-refractivity contribution in [2.24, 2.45) is 5.92 Å². The van der Waals surface area contributed by atoms with E-state index in [0.717, 1.165) is 6.08 Å².